The lowest BCUT2D eigenvalue weighted by atomic mass is 9.94. The first-order chi connectivity index (χ1) is 17.0. The number of ether oxygens (including phenoxy) is 1. The van der Waals surface area contributed by atoms with Gasteiger partial charge in [0.05, 0.1) is 21.2 Å². The van der Waals surface area contributed by atoms with Gasteiger partial charge in [-0.15, -0.1) is 3.89 Å². The number of pyridine rings is 1. The van der Waals surface area contributed by atoms with Gasteiger partial charge in [0.25, 0.3) is 19.6 Å². The molecule has 0 aliphatic heterocycles. The summed E-state index contributed by atoms with van der Waals surface area (Å²) in [7, 11) is -1.89. The molecule has 4 aromatic rings. The minimum Gasteiger partial charge on any atom is -0.722 e. The van der Waals surface area contributed by atoms with Crippen LogP contribution in [-0.2, 0) is 26.6 Å². The number of aromatic nitrogens is 1. The summed E-state index contributed by atoms with van der Waals surface area (Å²) in [6, 6.07) is 13.7. The number of esters is 1. The SMILES string of the molecule is Cc1cc(C)c2c(C(=O)Oc3ccc(S(=O)(=O)Cl)cc3)c3c(C)cc(C)cc3[n+](C)c2c1.O=S(=O)([O-])F. The minimum atomic E-state index is -5.42. The smallest absolute Gasteiger partial charge is 0.345 e. The highest BCUT2D eigenvalue weighted by Gasteiger charge is 2.27. The zero-order chi connectivity index (χ0) is 27.9. The summed E-state index contributed by atoms with van der Waals surface area (Å²) < 4.78 is 66.2. The van der Waals surface area contributed by atoms with Crippen LogP contribution in [0.4, 0.5) is 3.89 Å². The number of carbonyl (C=O) groups is 1. The number of carbonyl (C=O) groups excluding carboxylic acids is 1. The van der Waals surface area contributed by atoms with E-state index in [0.29, 0.717) is 5.56 Å². The molecule has 0 atom stereocenters. The molecule has 0 unspecified atom stereocenters. The van der Waals surface area contributed by atoms with E-state index in [1.165, 1.54) is 24.3 Å². The maximum absolute atomic E-state index is 13.5. The van der Waals surface area contributed by atoms with Gasteiger partial charge in [-0.25, -0.2) is 21.6 Å². The highest BCUT2D eigenvalue weighted by molar-refractivity contribution is 8.13. The Kier molecular flexibility index (Phi) is 7.94. The lowest BCUT2D eigenvalue weighted by Crippen LogP contribution is -2.32. The van der Waals surface area contributed by atoms with Gasteiger partial charge in [-0.3, -0.25) is 0 Å². The van der Waals surface area contributed by atoms with Gasteiger partial charge in [0.2, 0.25) is 11.0 Å². The van der Waals surface area contributed by atoms with Crippen LogP contribution in [0.25, 0.3) is 21.8 Å². The minimum absolute atomic E-state index is 0.0563. The predicted octanol–water partition coefficient (Wildman–Crippen LogP) is 4.61. The van der Waals surface area contributed by atoms with E-state index in [1.54, 1.807) is 0 Å². The molecule has 196 valence electrons. The zero-order valence-corrected chi connectivity index (χ0v) is 22.9. The number of fused-ring (bicyclic) bond motifs is 2. The van der Waals surface area contributed by atoms with Crippen LogP contribution in [0.2, 0.25) is 0 Å². The summed E-state index contributed by atoms with van der Waals surface area (Å²) in [4.78, 5) is 13.5. The van der Waals surface area contributed by atoms with Crippen molar-refractivity contribution >= 4 is 58.0 Å². The molecule has 0 N–H and O–H groups in total. The van der Waals surface area contributed by atoms with Gasteiger partial charge >= 0.3 is 5.97 Å². The van der Waals surface area contributed by atoms with E-state index in [9.17, 15) is 17.1 Å². The Morgan fingerprint density at radius 3 is 1.65 bits per heavy atom. The van der Waals surface area contributed by atoms with Gasteiger partial charge in [-0.2, -0.15) is 4.57 Å². The molecule has 1 aromatic heterocycles. The normalized spacial score (nSPS) is 11.8. The average molecular weight is 568 g/mol. The lowest BCUT2D eigenvalue weighted by molar-refractivity contribution is -0.617. The maximum Gasteiger partial charge on any atom is 0.345 e. The van der Waals surface area contributed by atoms with Crippen LogP contribution >= 0.6 is 10.7 Å². The Hall–Kier alpha value is -3.12. The number of rotatable bonds is 3. The Morgan fingerprint density at radius 1 is 0.865 bits per heavy atom. The summed E-state index contributed by atoms with van der Waals surface area (Å²) in [5.41, 5.74) is 6.54. The summed E-state index contributed by atoms with van der Waals surface area (Å²) in [5, 5.41) is 1.67. The number of nitrogens with zero attached hydrogens (tertiary/aromatic N) is 1. The summed E-state index contributed by atoms with van der Waals surface area (Å²) in [6.45, 7) is 8.04. The molecular formula is C25H23ClFNO7S2. The number of halogens is 2. The predicted molar refractivity (Wildman–Crippen MR) is 137 cm³/mol. The van der Waals surface area contributed by atoms with Crippen molar-refractivity contribution < 1.29 is 39.4 Å². The monoisotopic (exact) mass is 567 g/mol. The van der Waals surface area contributed by atoms with Crippen LogP contribution in [0, 0.1) is 27.7 Å². The van der Waals surface area contributed by atoms with E-state index >= 15 is 0 Å². The van der Waals surface area contributed by atoms with Crippen molar-refractivity contribution in [1.29, 1.82) is 0 Å². The third-order valence-corrected chi connectivity index (χ3v) is 7.03. The standard InChI is InChI=1S/C25H23ClNO4S.FHO3S/c1-14-10-16(3)22-20(12-14)27(5)21-13-15(2)11-17(4)23(21)24(22)25(28)31-18-6-8-19(9-7-18)32(26,29)30;1-5(2,3)4/h6-13H,1-5H3;(H,2,3,4)/q+1;/p-1. The van der Waals surface area contributed by atoms with E-state index in [2.05, 4.69) is 28.8 Å². The first-order valence-corrected chi connectivity index (χ1v) is 14.4. The molecule has 8 nitrogen and oxygen atoms in total. The quantitative estimate of drug-likeness (QED) is 0.0884. The van der Waals surface area contributed by atoms with Crippen molar-refractivity contribution in [3.05, 3.63) is 76.3 Å². The van der Waals surface area contributed by atoms with Gasteiger partial charge < -0.3 is 9.29 Å². The van der Waals surface area contributed by atoms with Crippen LogP contribution in [0.15, 0.2) is 53.4 Å². The van der Waals surface area contributed by atoms with E-state index in [4.69, 9.17) is 28.4 Å². The molecule has 1 heterocycles. The second kappa shape index (κ2) is 10.3. The zero-order valence-electron chi connectivity index (χ0n) is 20.5. The molecule has 0 aliphatic carbocycles. The fourth-order valence-electron chi connectivity index (χ4n) is 4.36. The molecule has 0 fully saturated rings. The second-order valence-electron chi connectivity index (χ2n) is 8.58. The molecule has 0 aliphatic rings. The van der Waals surface area contributed by atoms with Gasteiger partial charge in [-0.05, 0) is 74.2 Å². The van der Waals surface area contributed by atoms with Gasteiger partial charge in [0.15, 0.2) is 0 Å². The van der Waals surface area contributed by atoms with Crippen molar-refractivity contribution in [2.45, 2.75) is 32.6 Å². The Bertz CT molecular complexity index is 1690. The highest BCUT2D eigenvalue weighted by Crippen LogP contribution is 2.32. The molecule has 3 aromatic carbocycles. The van der Waals surface area contributed by atoms with E-state index < -0.39 is 25.5 Å². The number of benzene rings is 3. The number of aryl methyl sites for hydroxylation is 5. The average Bonchev–Trinajstić information content (AvgIpc) is 2.73. The third-order valence-electron chi connectivity index (χ3n) is 5.66. The molecule has 12 heteroatoms. The van der Waals surface area contributed by atoms with Crippen molar-refractivity contribution in [2.75, 3.05) is 0 Å². The van der Waals surface area contributed by atoms with Crippen LogP contribution in [-0.4, -0.2) is 27.4 Å². The fraction of sp³-hybridized carbons (Fsp3) is 0.200. The largest absolute Gasteiger partial charge is 0.722 e. The van der Waals surface area contributed by atoms with Crippen molar-refractivity contribution in [3.8, 4) is 5.75 Å². The molecule has 0 saturated carbocycles. The van der Waals surface area contributed by atoms with Crippen molar-refractivity contribution in [3.63, 3.8) is 0 Å². The first-order valence-electron chi connectivity index (χ1n) is 10.7. The topological polar surface area (TPSA) is 122 Å². The summed E-state index contributed by atoms with van der Waals surface area (Å²) in [5.74, 6) is -0.260. The van der Waals surface area contributed by atoms with Crippen molar-refractivity contribution in [2.24, 2.45) is 7.05 Å². The van der Waals surface area contributed by atoms with E-state index in [-0.39, 0.29) is 10.6 Å². The molecule has 4 rings (SSSR count). The molecular weight excluding hydrogens is 545 g/mol. The second-order valence-corrected chi connectivity index (χ2v) is 11.9. The number of hydrogen-bond acceptors (Lipinski definition) is 7. The fourth-order valence-corrected chi connectivity index (χ4v) is 5.13. The highest BCUT2D eigenvalue weighted by atomic mass is 35.7. The lowest BCUT2D eigenvalue weighted by Gasteiger charge is -2.14. The molecule has 0 saturated heterocycles. The molecule has 37 heavy (non-hydrogen) atoms. The van der Waals surface area contributed by atoms with Crippen LogP contribution < -0.4 is 9.30 Å². The summed E-state index contributed by atoms with van der Waals surface area (Å²) >= 11 is 0. The maximum atomic E-state index is 13.5. The van der Waals surface area contributed by atoms with Gasteiger partial charge in [0, 0.05) is 22.8 Å². The molecule has 0 amide bonds. The van der Waals surface area contributed by atoms with Gasteiger partial charge in [-0.1, -0.05) is 12.1 Å². The molecule has 0 spiro atoms. The summed E-state index contributed by atoms with van der Waals surface area (Å²) in [6.07, 6.45) is 0. The van der Waals surface area contributed by atoms with Gasteiger partial charge in [0.1, 0.15) is 12.8 Å². The van der Waals surface area contributed by atoms with Crippen LogP contribution in [0.5, 0.6) is 5.75 Å². The number of hydrogen-bond donors (Lipinski definition) is 0. The first kappa shape index (κ1) is 28.5. The Morgan fingerprint density at radius 2 is 1.27 bits per heavy atom. The Balaban J connectivity index is 0.000000695. The van der Waals surface area contributed by atoms with Crippen LogP contribution in [0.3, 0.4) is 0 Å². The molecule has 0 radical (unpaired) electrons. The van der Waals surface area contributed by atoms with E-state index in [0.717, 1.165) is 44.1 Å². The van der Waals surface area contributed by atoms with E-state index in [1.807, 2.05) is 34.7 Å². The third kappa shape index (κ3) is 6.61. The van der Waals surface area contributed by atoms with Crippen LogP contribution in [0.1, 0.15) is 32.6 Å². The molecule has 0 bridgehead atoms. The Labute approximate surface area is 218 Å². The van der Waals surface area contributed by atoms with Crippen molar-refractivity contribution in [1.82, 2.24) is 0 Å².